The highest BCUT2D eigenvalue weighted by Crippen LogP contribution is 2.31. The maximum Gasteiger partial charge on any atom is 0.167 e. The van der Waals surface area contributed by atoms with Crippen LogP contribution in [0.4, 0.5) is 15.8 Å². The maximum atomic E-state index is 13.6. The number of nitrogens with one attached hydrogen (secondary N) is 1. The molecule has 0 saturated heterocycles. The third-order valence-electron chi connectivity index (χ3n) is 3.28. The lowest BCUT2D eigenvalue weighted by Crippen LogP contribution is -2.16. The molecular formula is C14H21FN2O. The SMILES string of the molecule is CCCOc1cc(NC2CCCC2)c(N)cc1F. The first-order valence-electron chi connectivity index (χ1n) is 6.69. The Balaban J connectivity index is 2.12. The van der Waals surface area contributed by atoms with Gasteiger partial charge in [-0.1, -0.05) is 19.8 Å². The van der Waals surface area contributed by atoms with Crippen LogP contribution in [0.25, 0.3) is 0 Å². The number of hydrogen-bond donors (Lipinski definition) is 2. The Morgan fingerprint density at radius 3 is 2.78 bits per heavy atom. The lowest BCUT2D eigenvalue weighted by Gasteiger charge is -2.17. The van der Waals surface area contributed by atoms with E-state index in [0.717, 1.165) is 24.9 Å². The smallest absolute Gasteiger partial charge is 0.167 e. The molecule has 100 valence electrons. The summed E-state index contributed by atoms with van der Waals surface area (Å²) in [5.41, 5.74) is 7.07. The molecule has 0 unspecified atom stereocenters. The molecule has 1 aliphatic rings. The van der Waals surface area contributed by atoms with Gasteiger partial charge in [0.15, 0.2) is 11.6 Å². The third kappa shape index (κ3) is 3.06. The number of anilines is 2. The molecule has 0 atom stereocenters. The largest absolute Gasteiger partial charge is 0.490 e. The number of ether oxygens (including phenoxy) is 1. The number of rotatable bonds is 5. The van der Waals surface area contributed by atoms with Crippen LogP contribution in [0.5, 0.6) is 5.75 Å². The number of halogens is 1. The van der Waals surface area contributed by atoms with Crippen molar-refractivity contribution in [1.29, 1.82) is 0 Å². The quantitative estimate of drug-likeness (QED) is 0.788. The second kappa shape index (κ2) is 5.94. The van der Waals surface area contributed by atoms with Gasteiger partial charge in [0.05, 0.1) is 18.0 Å². The number of nitrogen functional groups attached to an aromatic ring is 1. The molecule has 1 aliphatic carbocycles. The molecule has 3 nitrogen and oxygen atoms in total. The fourth-order valence-corrected chi connectivity index (χ4v) is 2.31. The lowest BCUT2D eigenvalue weighted by atomic mass is 10.2. The maximum absolute atomic E-state index is 13.6. The van der Waals surface area contributed by atoms with Crippen LogP contribution in [0.3, 0.4) is 0 Å². The fraction of sp³-hybridized carbons (Fsp3) is 0.571. The summed E-state index contributed by atoms with van der Waals surface area (Å²) >= 11 is 0. The van der Waals surface area contributed by atoms with Crippen LogP contribution in [-0.2, 0) is 0 Å². The summed E-state index contributed by atoms with van der Waals surface area (Å²) in [7, 11) is 0. The monoisotopic (exact) mass is 252 g/mol. The summed E-state index contributed by atoms with van der Waals surface area (Å²) in [6.45, 7) is 2.51. The van der Waals surface area contributed by atoms with Gasteiger partial charge in [0.2, 0.25) is 0 Å². The second-order valence-electron chi connectivity index (χ2n) is 4.84. The number of nitrogens with two attached hydrogens (primary N) is 1. The first-order valence-corrected chi connectivity index (χ1v) is 6.69. The standard InChI is InChI=1S/C14H21FN2O/c1-2-7-18-14-9-13(12(16)8-11(14)15)17-10-5-3-4-6-10/h8-10,17H,2-7,16H2,1H3. The molecule has 0 amide bonds. The van der Waals surface area contributed by atoms with Gasteiger partial charge in [-0.2, -0.15) is 0 Å². The molecule has 1 saturated carbocycles. The van der Waals surface area contributed by atoms with Crippen molar-refractivity contribution < 1.29 is 9.13 Å². The summed E-state index contributed by atoms with van der Waals surface area (Å²) in [6, 6.07) is 3.47. The molecule has 4 heteroatoms. The van der Waals surface area contributed by atoms with E-state index >= 15 is 0 Å². The van der Waals surface area contributed by atoms with Crippen LogP contribution in [0.1, 0.15) is 39.0 Å². The van der Waals surface area contributed by atoms with Crippen molar-refractivity contribution in [2.24, 2.45) is 0 Å². The zero-order valence-electron chi connectivity index (χ0n) is 10.8. The van der Waals surface area contributed by atoms with Gasteiger partial charge in [-0.3, -0.25) is 0 Å². The van der Waals surface area contributed by atoms with E-state index in [-0.39, 0.29) is 5.75 Å². The summed E-state index contributed by atoms with van der Waals surface area (Å²) in [4.78, 5) is 0. The fourth-order valence-electron chi connectivity index (χ4n) is 2.31. The van der Waals surface area contributed by atoms with Gasteiger partial charge in [0.25, 0.3) is 0 Å². The highest BCUT2D eigenvalue weighted by molar-refractivity contribution is 5.69. The molecule has 1 aromatic carbocycles. The molecule has 1 fully saturated rings. The van der Waals surface area contributed by atoms with Crippen LogP contribution in [-0.4, -0.2) is 12.6 Å². The van der Waals surface area contributed by atoms with Gasteiger partial charge in [-0.15, -0.1) is 0 Å². The highest BCUT2D eigenvalue weighted by atomic mass is 19.1. The molecule has 2 rings (SSSR count). The molecule has 1 aromatic rings. The second-order valence-corrected chi connectivity index (χ2v) is 4.84. The average molecular weight is 252 g/mol. The minimum absolute atomic E-state index is 0.284. The van der Waals surface area contributed by atoms with Crippen molar-refractivity contribution in [3.63, 3.8) is 0 Å². The van der Waals surface area contributed by atoms with E-state index in [0.29, 0.717) is 18.3 Å². The first kappa shape index (κ1) is 13.0. The van der Waals surface area contributed by atoms with Gasteiger partial charge in [0.1, 0.15) is 0 Å². The Hall–Kier alpha value is -1.45. The molecule has 0 aliphatic heterocycles. The predicted molar refractivity (Wildman–Crippen MR) is 72.5 cm³/mol. The molecular weight excluding hydrogens is 231 g/mol. The number of benzene rings is 1. The minimum Gasteiger partial charge on any atom is -0.490 e. The first-order chi connectivity index (χ1) is 8.70. The van der Waals surface area contributed by atoms with Crippen LogP contribution < -0.4 is 15.8 Å². The van der Waals surface area contributed by atoms with Crippen molar-refractivity contribution in [3.05, 3.63) is 17.9 Å². The van der Waals surface area contributed by atoms with Gasteiger partial charge >= 0.3 is 0 Å². The van der Waals surface area contributed by atoms with Gasteiger partial charge < -0.3 is 15.8 Å². The normalized spacial score (nSPS) is 15.9. The topological polar surface area (TPSA) is 47.3 Å². The van der Waals surface area contributed by atoms with Gasteiger partial charge in [0, 0.05) is 18.2 Å². The predicted octanol–water partition coefficient (Wildman–Crippen LogP) is 3.55. The van der Waals surface area contributed by atoms with E-state index in [1.807, 2.05) is 6.92 Å². The van der Waals surface area contributed by atoms with Crippen LogP contribution >= 0.6 is 0 Å². The van der Waals surface area contributed by atoms with Gasteiger partial charge in [-0.05, 0) is 19.3 Å². The molecule has 0 bridgehead atoms. The van der Waals surface area contributed by atoms with Crippen molar-refractivity contribution >= 4 is 11.4 Å². The van der Waals surface area contributed by atoms with Crippen molar-refractivity contribution in [1.82, 2.24) is 0 Å². The molecule has 3 N–H and O–H groups in total. The van der Waals surface area contributed by atoms with Crippen molar-refractivity contribution in [3.8, 4) is 5.75 Å². The summed E-state index contributed by atoms with van der Waals surface area (Å²) < 4.78 is 19.0. The van der Waals surface area contributed by atoms with Crippen LogP contribution in [0, 0.1) is 5.82 Å². The van der Waals surface area contributed by atoms with Crippen molar-refractivity contribution in [2.45, 2.75) is 45.1 Å². The zero-order valence-corrected chi connectivity index (χ0v) is 10.8. The van der Waals surface area contributed by atoms with E-state index < -0.39 is 5.82 Å². The third-order valence-corrected chi connectivity index (χ3v) is 3.28. The van der Waals surface area contributed by atoms with E-state index in [9.17, 15) is 4.39 Å². The van der Waals surface area contributed by atoms with E-state index in [4.69, 9.17) is 10.5 Å². The Morgan fingerprint density at radius 1 is 1.39 bits per heavy atom. The number of hydrogen-bond acceptors (Lipinski definition) is 3. The summed E-state index contributed by atoms with van der Waals surface area (Å²) in [5, 5.41) is 3.38. The van der Waals surface area contributed by atoms with Crippen molar-refractivity contribution in [2.75, 3.05) is 17.7 Å². The van der Waals surface area contributed by atoms with E-state index in [2.05, 4.69) is 5.32 Å². The Bertz CT molecular complexity index is 403. The molecule has 0 radical (unpaired) electrons. The molecule has 0 spiro atoms. The molecule has 18 heavy (non-hydrogen) atoms. The Labute approximate surface area is 108 Å². The highest BCUT2D eigenvalue weighted by Gasteiger charge is 2.17. The van der Waals surface area contributed by atoms with E-state index in [1.165, 1.54) is 18.9 Å². The average Bonchev–Trinajstić information content (AvgIpc) is 2.84. The summed E-state index contributed by atoms with van der Waals surface area (Å²) in [6.07, 6.45) is 5.66. The molecule has 0 aromatic heterocycles. The van der Waals surface area contributed by atoms with Crippen LogP contribution in [0.2, 0.25) is 0 Å². The van der Waals surface area contributed by atoms with Crippen LogP contribution in [0.15, 0.2) is 12.1 Å². The lowest BCUT2D eigenvalue weighted by molar-refractivity contribution is 0.301. The summed E-state index contributed by atoms with van der Waals surface area (Å²) in [5.74, 6) is -0.107. The van der Waals surface area contributed by atoms with E-state index in [1.54, 1.807) is 6.07 Å². The Morgan fingerprint density at radius 2 is 2.11 bits per heavy atom. The minimum atomic E-state index is -0.391. The Kier molecular flexibility index (Phi) is 4.28. The van der Waals surface area contributed by atoms with Gasteiger partial charge in [-0.25, -0.2) is 4.39 Å². The molecule has 0 heterocycles. The zero-order chi connectivity index (χ0) is 13.0.